The number of likely N-dealkylation sites (tertiary alicyclic amines) is 1. The third-order valence-corrected chi connectivity index (χ3v) is 9.16. The number of hydrogen-bond acceptors (Lipinski definition) is 9. The number of pyridine rings is 2. The number of ether oxygens (including phenoxy) is 3. The highest BCUT2D eigenvalue weighted by atomic mass is 19.1. The van der Waals surface area contributed by atoms with Crippen molar-refractivity contribution in [3.05, 3.63) is 48.7 Å². The number of fused-ring (bicyclic) bond motifs is 3. The SMILES string of the molecule is C=C[N+]1(c2cc3cc(-c4cnc5c(c4C)NCCO5)c(F)c(N)c3cn2)C[C@H]2CN(C3CCOC3)CC[C@H]2OC1=O. The predicted octanol–water partition coefficient (Wildman–Crippen LogP) is 4.21. The van der Waals surface area contributed by atoms with Crippen molar-refractivity contribution >= 4 is 34.1 Å². The molecule has 0 spiro atoms. The van der Waals surface area contributed by atoms with Crippen LogP contribution in [0.5, 0.6) is 5.88 Å². The second kappa shape index (κ2) is 9.93. The van der Waals surface area contributed by atoms with E-state index in [1.807, 2.05) is 6.92 Å². The number of carbonyl (C=O) groups excluding carboxylic acids is 1. The van der Waals surface area contributed by atoms with E-state index in [2.05, 4.69) is 26.8 Å². The van der Waals surface area contributed by atoms with Crippen LogP contribution in [0.1, 0.15) is 18.4 Å². The molecule has 2 unspecified atom stereocenters. The summed E-state index contributed by atoms with van der Waals surface area (Å²) in [6, 6.07) is 3.94. The first-order valence-corrected chi connectivity index (χ1v) is 14.2. The molecular formula is C30H34FN6O4+. The van der Waals surface area contributed by atoms with Crippen LogP contribution in [-0.4, -0.2) is 79.1 Å². The molecular weight excluding hydrogens is 527 g/mol. The molecule has 0 bridgehead atoms. The Kier molecular flexibility index (Phi) is 6.33. The molecule has 6 heterocycles. The van der Waals surface area contributed by atoms with Gasteiger partial charge in [-0.2, -0.15) is 4.79 Å². The van der Waals surface area contributed by atoms with Crippen LogP contribution in [0, 0.1) is 18.7 Å². The van der Waals surface area contributed by atoms with Gasteiger partial charge in [-0.05, 0) is 43.4 Å². The molecule has 11 heteroatoms. The second-order valence-corrected chi connectivity index (χ2v) is 11.4. The average molecular weight is 562 g/mol. The topological polar surface area (TPSA) is 112 Å². The molecule has 0 aliphatic carbocycles. The summed E-state index contributed by atoms with van der Waals surface area (Å²) in [5.41, 5.74) is 8.80. The zero-order chi connectivity index (χ0) is 28.3. The summed E-state index contributed by atoms with van der Waals surface area (Å²) >= 11 is 0. The summed E-state index contributed by atoms with van der Waals surface area (Å²) in [4.78, 5) is 25.1. The molecule has 0 saturated carbocycles. The lowest BCUT2D eigenvalue weighted by Crippen LogP contribution is -2.64. The van der Waals surface area contributed by atoms with E-state index < -0.39 is 11.9 Å². The lowest BCUT2D eigenvalue weighted by molar-refractivity contribution is -0.0466. The standard InChI is InChI=1S/C30H34FN6O4/c1-3-37(15-19-14-36(20-5-8-39-16-20)7-4-24(19)41-30(37)38)25-11-18-10-21(26(31)27(32)23(18)13-34-25)22-12-35-29-28(17(22)2)33-6-9-40-29/h3,10-13,19-20,24,33H,1,4-9,14-16,32H2,2H3/q+1/t19-,20?,24-,37?/m1/s1. The van der Waals surface area contributed by atoms with Crippen molar-refractivity contribution in [3.8, 4) is 17.0 Å². The maximum absolute atomic E-state index is 15.7. The molecule has 2 aromatic heterocycles. The maximum Gasteiger partial charge on any atom is 0.527 e. The Morgan fingerprint density at radius 3 is 2.90 bits per heavy atom. The van der Waals surface area contributed by atoms with E-state index in [1.165, 1.54) is 6.20 Å². The van der Waals surface area contributed by atoms with Crippen molar-refractivity contribution in [3.63, 3.8) is 0 Å². The molecule has 4 aliphatic rings. The van der Waals surface area contributed by atoms with Crippen molar-refractivity contribution in [2.75, 3.05) is 57.1 Å². The number of amides is 1. The zero-order valence-corrected chi connectivity index (χ0v) is 23.1. The van der Waals surface area contributed by atoms with Crippen molar-refractivity contribution in [2.45, 2.75) is 31.9 Å². The number of anilines is 2. The fourth-order valence-corrected chi connectivity index (χ4v) is 6.80. The second-order valence-electron chi connectivity index (χ2n) is 11.4. The minimum absolute atomic E-state index is 0.00831. The number of nitrogens with two attached hydrogens (primary N) is 1. The number of benzene rings is 1. The summed E-state index contributed by atoms with van der Waals surface area (Å²) in [6.45, 7) is 10.8. The van der Waals surface area contributed by atoms with Crippen molar-refractivity contribution < 1.29 is 23.4 Å². The Labute approximate surface area is 237 Å². The van der Waals surface area contributed by atoms with Gasteiger partial charge in [0, 0.05) is 67.3 Å². The lowest BCUT2D eigenvalue weighted by Gasteiger charge is -2.46. The highest BCUT2D eigenvalue weighted by molar-refractivity contribution is 5.99. The van der Waals surface area contributed by atoms with Crippen molar-refractivity contribution in [1.29, 1.82) is 0 Å². The molecule has 3 N–H and O–H groups in total. The molecule has 0 radical (unpaired) electrons. The Morgan fingerprint density at radius 1 is 1.22 bits per heavy atom. The minimum atomic E-state index is -0.542. The van der Waals surface area contributed by atoms with Gasteiger partial charge in [-0.15, -0.1) is 4.48 Å². The summed E-state index contributed by atoms with van der Waals surface area (Å²) in [5.74, 6) is 0.536. The Balaban J connectivity index is 1.27. The first-order chi connectivity index (χ1) is 19.9. The Bertz CT molecular complexity index is 1560. The maximum atomic E-state index is 15.7. The van der Waals surface area contributed by atoms with Crippen LogP contribution < -0.4 is 20.3 Å². The van der Waals surface area contributed by atoms with Crippen LogP contribution in [0.15, 0.2) is 37.3 Å². The van der Waals surface area contributed by atoms with E-state index in [0.29, 0.717) is 59.3 Å². The smallest absolute Gasteiger partial charge is 0.474 e. The average Bonchev–Trinajstić information content (AvgIpc) is 3.54. The van der Waals surface area contributed by atoms with Gasteiger partial charge in [0.15, 0.2) is 5.82 Å². The minimum Gasteiger partial charge on any atom is -0.474 e. The van der Waals surface area contributed by atoms with Crippen molar-refractivity contribution in [2.24, 2.45) is 5.92 Å². The molecule has 4 aliphatic heterocycles. The van der Waals surface area contributed by atoms with Gasteiger partial charge in [-0.25, -0.2) is 14.4 Å². The molecule has 7 rings (SSSR count). The van der Waals surface area contributed by atoms with E-state index in [4.69, 9.17) is 19.9 Å². The number of piperidine rings is 1. The molecule has 41 heavy (non-hydrogen) atoms. The van der Waals surface area contributed by atoms with Crippen LogP contribution in [0.2, 0.25) is 0 Å². The monoisotopic (exact) mass is 561 g/mol. The van der Waals surface area contributed by atoms with Gasteiger partial charge >= 0.3 is 6.09 Å². The van der Waals surface area contributed by atoms with Gasteiger partial charge in [-0.3, -0.25) is 4.90 Å². The van der Waals surface area contributed by atoms with Gasteiger partial charge in [0.25, 0.3) is 0 Å². The first kappa shape index (κ1) is 26.1. The predicted molar refractivity (Wildman–Crippen MR) is 154 cm³/mol. The molecule has 3 saturated heterocycles. The summed E-state index contributed by atoms with van der Waals surface area (Å²) in [6.07, 6.45) is 6.02. The number of hydrogen-bond donors (Lipinski definition) is 2. The largest absolute Gasteiger partial charge is 0.527 e. The van der Waals surface area contributed by atoms with Crippen LogP contribution in [-0.2, 0) is 9.47 Å². The van der Waals surface area contributed by atoms with E-state index in [9.17, 15) is 4.79 Å². The molecule has 10 nitrogen and oxygen atoms in total. The van der Waals surface area contributed by atoms with Gasteiger partial charge in [0.2, 0.25) is 11.7 Å². The van der Waals surface area contributed by atoms with E-state index >= 15 is 4.39 Å². The van der Waals surface area contributed by atoms with E-state index in [-0.39, 0.29) is 22.2 Å². The highest BCUT2D eigenvalue weighted by Crippen LogP contribution is 2.41. The Morgan fingerprint density at radius 2 is 2.10 bits per heavy atom. The number of nitrogens with zero attached hydrogens (tertiary/aromatic N) is 4. The van der Waals surface area contributed by atoms with E-state index in [0.717, 1.165) is 50.4 Å². The lowest BCUT2D eigenvalue weighted by atomic mass is 9.90. The zero-order valence-electron chi connectivity index (χ0n) is 23.1. The van der Waals surface area contributed by atoms with Crippen LogP contribution in [0.4, 0.5) is 26.4 Å². The van der Waals surface area contributed by atoms with Crippen molar-refractivity contribution in [1.82, 2.24) is 19.4 Å². The number of nitrogen functional groups attached to an aromatic ring is 1. The summed E-state index contributed by atoms with van der Waals surface area (Å²) in [5, 5.41) is 4.43. The molecule has 214 valence electrons. The number of halogens is 1. The fraction of sp³-hybridized carbons (Fsp3) is 0.433. The first-order valence-electron chi connectivity index (χ1n) is 14.2. The number of quaternary nitrogens is 1. The number of carbonyl (C=O) groups is 1. The summed E-state index contributed by atoms with van der Waals surface area (Å²) < 4.78 is 32.7. The van der Waals surface area contributed by atoms with Gasteiger partial charge in [0.1, 0.15) is 31.1 Å². The number of rotatable bonds is 4. The summed E-state index contributed by atoms with van der Waals surface area (Å²) in [7, 11) is 0. The van der Waals surface area contributed by atoms with Gasteiger partial charge in [0.05, 0.1) is 18.2 Å². The highest BCUT2D eigenvalue weighted by Gasteiger charge is 2.53. The third kappa shape index (κ3) is 4.13. The molecule has 1 amide bonds. The fourth-order valence-electron chi connectivity index (χ4n) is 6.80. The number of aromatic nitrogens is 2. The van der Waals surface area contributed by atoms with Gasteiger partial charge < -0.3 is 25.3 Å². The van der Waals surface area contributed by atoms with Crippen LogP contribution in [0.3, 0.4) is 0 Å². The molecule has 4 atom stereocenters. The quantitative estimate of drug-likeness (QED) is 0.357. The number of nitrogens with one attached hydrogen (secondary N) is 1. The van der Waals surface area contributed by atoms with E-state index in [1.54, 1.807) is 24.5 Å². The molecule has 1 aromatic carbocycles. The van der Waals surface area contributed by atoms with Crippen LogP contribution in [0.25, 0.3) is 21.9 Å². The molecule has 3 aromatic rings. The van der Waals surface area contributed by atoms with Crippen LogP contribution >= 0.6 is 0 Å². The normalized spacial score (nSPS) is 27.9. The van der Waals surface area contributed by atoms with Gasteiger partial charge in [-0.1, -0.05) is 0 Å². The Hall–Kier alpha value is -3.80. The molecule has 3 fully saturated rings. The third-order valence-electron chi connectivity index (χ3n) is 9.16.